The van der Waals surface area contributed by atoms with Crippen LogP contribution in [0, 0.1) is 5.82 Å². The van der Waals surface area contributed by atoms with E-state index in [1.165, 1.54) is 6.07 Å². The SMILES string of the molecule is CC(=O)NC1CCC(NCC(c2cccc(F)c2)N(C)C)CC1. The third kappa shape index (κ3) is 5.59. The highest BCUT2D eigenvalue weighted by molar-refractivity contribution is 5.73. The Hall–Kier alpha value is -1.46. The molecule has 4 nitrogen and oxygen atoms in total. The molecule has 23 heavy (non-hydrogen) atoms. The highest BCUT2D eigenvalue weighted by Gasteiger charge is 2.23. The molecule has 5 heteroatoms. The number of rotatable bonds is 6. The molecule has 128 valence electrons. The normalized spacial score (nSPS) is 22.8. The molecule has 1 aromatic rings. The molecule has 1 unspecified atom stereocenters. The molecule has 0 bridgehead atoms. The Balaban J connectivity index is 1.85. The van der Waals surface area contributed by atoms with Crippen molar-refractivity contribution >= 4 is 5.91 Å². The molecule has 1 aliphatic carbocycles. The average molecular weight is 321 g/mol. The average Bonchev–Trinajstić information content (AvgIpc) is 2.48. The van der Waals surface area contributed by atoms with Gasteiger partial charge in [0.1, 0.15) is 5.82 Å². The van der Waals surface area contributed by atoms with E-state index >= 15 is 0 Å². The van der Waals surface area contributed by atoms with Crippen LogP contribution in [0.25, 0.3) is 0 Å². The van der Waals surface area contributed by atoms with E-state index in [-0.39, 0.29) is 17.8 Å². The van der Waals surface area contributed by atoms with Gasteiger partial charge in [0.05, 0.1) is 0 Å². The van der Waals surface area contributed by atoms with E-state index in [4.69, 9.17) is 0 Å². The second-order valence-electron chi connectivity index (χ2n) is 6.69. The summed E-state index contributed by atoms with van der Waals surface area (Å²) in [7, 11) is 4.04. The van der Waals surface area contributed by atoms with Crippen molar-refractivity contribution in [2.75, 3.05) is 20.6 Å². The molecular formula is C18H28FN3O. The summed E-state index contributed by atoms with van der Waals surface area (Å²) in [5, 5.41) is 6.62. The summed E-state index contributed by atoms with van der Waals surface area (Å²) in [6.45, 7) is 2.37. The van der Waals surface area contributed by atoms with Crippen LogP contribution in [0.1, 0.15) is 44.2 Å². The van der Waals surface area contributed by atoms with Crippen molar-refractivity contribution in [2.45, 2.75) is 50.7 Å². The van der Waals surface area contributed by atoms with Gasteiger partial charge in [-0.05, 0) is 57.5 Å². The smallest absolute Gasteiger partial charge is 0.217 e. The zero-order chi connectivity index (χ0) is 16.8. The molecule has 1 aromatic carbocycles. The monoisotopic (exact) mass is 321 g/mol. The zero-order valence-electron chi connectivity index (χ0n) is 14.3. The fourth-order valence-electron chi connectivity index (χ4n) is 3.32. The molecule has 1 atom stereocenters. The first-order valence-electron chi connectivity index (χ1n) is 8.38. The Kier molecular flexibility index (Phi) is 6.54. The van der Waals surface area contributed by atoms with Crippen molar-refractivity contribution in [2.24, 2.45) is 0 Å². The topological polar surface area (TPSA) is 44.4 Å². The van der Waals surface area contributed by atoms with Crippen molar-refractivity contribution in [3.8, 4) is 0 Å². The zero-order valence-corrected chi connectivity index (χ0v) is 14.3. The minimum Gasteiger partial charge on any atom is -0.354 e. The molecule has 1 aliphatic rings. The Morgan fingerprint density at radius 3 is 2.48 bits per heavy atom. The maximum Gasteiger partial charge on any atom is 0.217 e. The largest absolute Gasteiger partial charge is 0.354 e. The van der Waals surface area contributed by atoms with Gasteiger partial charge in [-0.25, -0.2) is 4.39 Å². The van der Waals surface area contributed by atoms with Gasteiger partial charge < -0.3 is 15.5 Å². The number of halogens is 1. The van der Waals surface area contributed by atoms with Gasteiger partial charge in [0.25, 0.3) is 0 Å². The van der Waals surface area contributed by atoms with E-state index in [1.54, 1.807) is 19.1 Å². The van der Waals surface area contributed by atoms with Crippen LogP contribution in [0.15, 0.2) is 24.3 Å². The molecule has 2 rings (SSSR count). The van der Waals surface area contributed by atoms with Gasteiger partial charge in [-0.2, -0.15) is 0 Å². The number of nitrogens with one attached hydrogen (secondary N) is 2. The standard InChI is InChI=1S/C18H28FN3O/c1-13(23)21-17-9-7-16(8-10-17)20-12-18(22(2)3)14-5-4-6-15(19)11-14/h4-6,11,16-18,20H,7-10,12H2,1-3H3,(H,21,23). The van der Waals surface area contributed by atoms with Crippen LogP contribution in [-0.2, 0) is 4.79 Å². The Bertz CT molecular complexity index is 513. The molecule has 1 saturated carbocycles. The quantitative estimate of drug-likeness (QED) is 0.846. The molecule has 1 amide bonds. The van der Waals surface area contributed by atoms with Crippen LogP contribution >= 0.6 is 0 Å². The lowest BCUT2D eigenvalue weighted by Crippen LogP contribution is -2.43. The minimum absolute atomic E-state index is 0.0557. The van der Waals surface area contributed by atoms with Gasteiger partial charge in [0.2, 0.25) is 5.91 Å². The van der Waals surface area contributed by atoms with Crippen molar-refractivity contribution < 1.29 is 9.18 Å². The van der Waals surface area contributed by atoms with Gasteiger partial charge in [-0.3, -0.25) is 4.79 Å². The van der Waals surface area contributed by atoms with Gasteiger partial charge >= 0.3 is 0 Å². The molecule has 0 aromatic heterocycles. The van der Waals surface area contributed by atoms with Crippen molar-refractivity contribution in [1.82, 2.24) is 15.5 Å². The second kappa shape index (κ2) is 8.41. The minimum atomic E-state index is -0.190. The van der Waals surface area contributed by atoms with Crippen molar-refractivity contribution in [3.63, 3.8) is 0 Å². The van der Waals surface area contributed by atoms with E-state index in [2.05, 4.69) is 15.5 Å². The van der Waals surface area contributed by atoms with E-state index < -0.39 is 0 Å². The fourth-order valence-corrected chi connectivity index (χ4v) is 3.32. The van der Waals surface area contributed by atoms with E-state index in [0.29, 0.717) is 12.1 Å². The highest BCUT2D eigenvalue weighted by Crippen LogP contribution is 2.22. The van der Waals surface area contributed by atoms with Crippen LogP contribution in [0.5, 0.6) is 0 Å². The molecule has 0 heterocycles. The summed E-state index contributed by atoms with van der Waals surface area (Å²) in [4.78, 5) is 13.2. The van der Waals surface area contributed by atoms with E-state index in [0.717, 1.165) is 37.8 Å². The molecule has 0 radical (unpaired) electrons. The Morgan fingerprint density at radius 1 is 1.26 bits per heavy atom. The van der Waals surface area contributed by atoms with Crippen LogP contribution < -0.4 is 10.6 Å². The number of likely N-dealkylation sites (N-methyl/N-ethyl adjacent to an activating group) is 1. The molecule has 0 saturated heterocycles. The maximum atomic E-state index is 13.5. The molecular weight excluding hydrogens is 293 g/mol. The van der Waals surface area contributed by atoms with Gasteiger partial charge in [0, 0.05) is 31.6 Å². The fraction of sp³-hybridized carbons (Fsp3) is 0.611. The molecule has 0 aliphatic heterocycles. The van der Waals surface area contributed by atoms with Crippen LogP contribution in [-0.4, -0.2) is 43.5 Å². The lowest BCUT2D eigenvalue weighted by Gasteiger charge is -2.32. The van der Waals surface area contributed by atoms with Crippen molar-refractivity contribution in [3.05, 3.63) is 35.6 Å². The number of nitrogens with zero attached hydrogens (tertiary/aromatic N) is 1. The predicted molar refractivity (Wildman–Crippen MR) is 90.7 cm³/mol. The summed E-state index contributed by atoms with van der Waals surface area (Å²) in [5.41, 5.74) is 0.995. The number of benzene rings is 1. The summed E-state index contributed by atoms with van der Waals surface area (Å²) in [5.74, 6) is -0.134. The van der Waals surface area contributed by atoms with Gasteiger partial charge in [-0.1, -0.05) is 12.1 Å². The van der Waals surface area contributed by atoms with E-state index in [1.807, 2.05) is 20.2 Å². The van der Waals surface area contributed by atoms with Gasteiger partial charge in [0.15, 0.2) is 0 Å². The third-order valence-corrected chi connectivity index (χ3v) is 4.59. The van der Waals surface area contributed by atoms with Crippen LogP contribution in [0.4, 0.5) is 4.39 Å². The maximum absolute atomic E-state index is 13.5. The number of amides is 1. The Morgan fingerprint density at radius 2 is 1.91 bits per heavy atom. The Labute approximate surface area is 138 Å². The summed E-state index contributed by atoms with van der Waals surface area (Å²) in [6.07, 6.45) is 4.16. The first kappa shape index (κ1) is 17.9. The molecule has 1 fully saturated rings. The number of carbonyl (C=O) groups is 1. The lowest BCUT2D eigenvalue weighted by atomic mass is 9.91. The van der Waals surface area contributed by atoms with E-state index in [9.17, 15) is 9.18 Å². The number of hydrogen-bond donors (Lipinski definition) is 2. The molecule has 0 spiro atoms. The summed E-state index contributed by atoms with van der Waals surface area (Å²) < 4.78 is 13.5. The number of hydrogen-bond acceptors (Lipinski definition) is 3. The third-order valence-electron chi connectivity index (χ3n) is 4.59. The summed E-state index contributed by atoms with van der Waals surface area (Å²) in [6, 6.07) is 7.77. The molecule has 2 N–H and O–H groups in total. The summed E-state index contributed by atoms with van der Waals surface area (Å²) >= 11 is 0. The van der Waals surface area contributed by atoms with Gasteiger partial charge in [-0.15, -0.1) is 0 Å². The highest BCUT2D eigenvalue weighted by atomic mass is 19.1. The first-order chi connectivity index (χ1) is 11.0. The van der Waals surface area contributed by atoms with Crippen LogP contribution in [0.3, 0.4) is 0 Å². The van der Waals surface area contributed by atoms with Crippen LogP contribution in [0.2, 0.25) is 0 Å². The first-order valence-corrected chi connectivity index (χ1v) is 8.38. The van der Waals surface area contributed by atoms with Crippen molar-refractivity contribution in [1.29, 1.82) is 0 Å². The second-order valence-corrected chi connectivity index (χ2v) is 6.69. The lowest BCUT2D eigenvalue weighted by molar-refractivity contribution is -0.119. The number of carbonyl (C=O) groups excluding carboxylic acids is 1. The predicted octanol–water partition coefficient (Wildman–Crippen LogP) is 2.47.